The highest BCUT2D eigenvalue weighted by Gasteiger charge is 2.41. The van der Waals surface area contributed by atoms with Gasteiger partial charge in [-0.05, 0) is 13.3 Å². The van der Waals surface area contributed by atoms with Gasteiger partial charge in [0.25, 0.3) is 0 Å². The van der Waals surface area contributed by atoms with Crippen LogP contribution in [0, 0.1) is 0 Å². The number of hydrogen-bond acceptors (Lipinski definition) is 4. The van der Waals surface area contributed by atoms with Gasteiger partial charge in [-0.15, -0.1) is 6.58 Å². The summed E-state index contributed by atoms with van der Waals surface area (Å²) in [6.07, 6.45) is 2.27. The largest absolute Gasteiger partial charge is 0.411 e. The van der Waals surface area contributed by atoms with Crippen LogP contribution >= 0.6 is 12.2 Å². The Hall–Kier alpha value is -0.200. The molecule has 0 bridgehead atoms. The smallest absolute Gasteiger partial charge is 0.152 e. The van der Waals surface area contributed by atoms with E-state index in [9.17, 15) is 8.42 Å². The van der Waals surface area contributed by atoms with Gasteiger partial charge in [-0.25, -0.2) is 8.42 Å². The lowest BCUT2D eigenvalue weighted by Crippen LogP contribution is -2.49. The summed E-state index contributed by atoms with van der Waals surface area (Å²) in [7, 11) is -2.93. The van der Waals surface area contributed by atoms with Gasteiger partial charge in [0.1, 0.15) is 0 Å². The highest BCUT2D eigenvalue weighted by molar-refractivity contribution is 8.00. The highest BCUT2D eigenvalue weighted by Crippen LogP contribution is 2.29. The predicted molar refractivity (Wildman–Crippen MR) is 68.5 cm³/mol. The molecule has 1 rings (SSSR count). The summed E-state index contributed by atoms with van der Waals surface area (Å²) in [5.41, 5.74) is -0.453. The molecule has 0 aromatic rings. The molecule has 1 heterocycles. The first-order valence-electron chi connectivity index (χ1n) is 4.61. The van der Waals surface area contributed by atoms with Crippen molar-refractivity contribution in [3.05, 3.63) is 12.7 Å². The zero-order chi connectivity index (χ0) is 11.7. The minimum absolute atomic E-state index is 0.130. The Kier molecular flexibility index (Phi) is 3.73. The van der Waals surface area contributed by atoms with E-state index in [0.717, 1.165) is 0 Å². The van der Waals surface area contributed by atoms with Crippen molar-refractivity contribution in [2.45, 2.75) is 18.9 Å². The van der Waals surface area contributed by atoms with Gasteiger partial charge in [0.15, 0.2) is 9.84 Å². The molecule has 86 valence electrons. The summed E-state index contributed by atoms with van der Waals surface area (Å²) < 4.78 is 23.2. The Morgan fingerprint density at radius 1 is 1.73 bits per heavy atom. The van der Waals surface area contributed by atoms with Crippen LogP contribution in [0.5, 0.6) is 0 Å². The van der Waals surface area contributed by atoms with Gasteiger partial charge >= 0.3 is 0 Å². The van der Waals surface area contributed by atoms with Crippen molar-refractivity contribution in [1.29, 1.82) is 0 Å². The van der Waals surface area contributed by atoms with E-state index in [0.29, 0.717) is 17.3 Å². The first-order valence-corrected chi connectivity index (χ1v) is 7.24. The maximum Gasteiger partial charge on any atom is 0.152 e. The van der Waals surface area contributed by atoms with E-state index in [-0.39, 0.29) is 11.5 Å². The molecule has 1 aliphatic rings. The normalized spacial score (nSPS) is 28.6. The fourth-order valence-electron chi connectivity index (χ4n) is 1.85. The van der Waals surface area contributed by atoms with Crippen LogP contribution in [-0.4, -0.2) is 41.2 Å². The van der Waals surface area contributed by atoms with Gasteiger partial charge in [-0.3, -0.25) is 0 Å². The molecule has 0 saturated carbocycles. The van der Waals surface area contributed by atoms with Crippen molar-refractivity contribution < 1.29 is 8.42 Å². The molecule has 3 nitrogen and oxygen atoms in total. The number of sulfone groups is 1. The van der Waals surface area contributed by atoms with E-state index in [1.54, 1.807) is 11.0 Å². The lowest BCUT2D eigenvalue weighted by atomic mass is 10.00. The Morgan fingerprint density at radius 2 is 2.33 bits per heavy atom. The van der Waals surface area contributed by atoms with Crippen molar-refractivity contribution in [3.63, 3.8) is 0 Å². The molecular weight excluding hydrogens is 250 g/mol. The SMILES string of the molecule is C=CCN(C(=S)[S-])C1(C)CCS(=O)(=O)C1. The van der Waals surface area contributed by atoms with Crippen LogP contribution in [0.4, 0.5) is 0 Å². The minimum atomic E-state index is -2.93. The molecule has 0 spiro atoms. The van der Waals surface area contributed by atoms with Gasteiger partial charge in [-0.1, -0.05) is 10.4 Å². The van der Waals surface area contributed by atoms with Gasteiger partial charge in [0.2, 0.25) is 0 Å². The van der Waals surface area contributed by atoms with Crippen LogP contribution in [0.3, 0.4) is 0 Å². The van der Waals surface area contributed by atoms with E-state index in [1.165, 1.54) is 0 Å². The Morgan fingerprint density at radius 3 is 2.67 bits per heavy atom. The van der Waals surface area contributed by atoms with E-state index in [1.807, 2.05) is 6.92 Å². The zero-order valence-corrected chi connectivity index (χ0v) is 11.1. The second-order valence-corrected chi connectivity index (χ2v) is 7.22. The van der Waals surface area contributed by atoms with E-state index in [4.69, 9.17) is 24.8 Å². The van der Waals surface area contributed by atoms with Crippen LogP contribution in [0.25, 0.3) is 0 Å². The second-order valence-electron chi connectivity index (χ2n) is 4.00. The Bertz CT molecular complexity index is 377. The van der Waals surface area contributed by atoms with E-state index in [2.05, 4.69) is 6.58 Å². The summed E-state index contributed by atoms with van der Waals surface area (Å²) in [6, 6.07) is 0. The van der Waals surface area contributed by atoms with Crippen molar-refractivity contribution in [3.8, 4) is 0 Å². The third-order valence-corrected chi connectivity index (χ3v) is 4.99. The number of nitrogens with zero attached hydrogens (tertiary/aromatic N) is 1. The van der Waals surface area contributed by atoms with Gasteiger partial charge in [0, 0.05) is 6.54 Å². The number of hydrogen-bond donors (Lipinski definition) is 0. The fraction of sp³-hybridized carbons (Fsp3) is 0.667. The first kappa shape index (κ1) is 12.9. The van der Waals surface area contributed by atoms with E-state index < -0.39 is 15.4 Å². The molecule has 15 heavy (non-hydrogen) atoms. The molecule has 1 atom stereocenters. The number of thiocarbonyl (C=S) groups is 1. The fourth-order valence-corrected chi connectivity index (χ4v) is 4.58. The standard InChI is InChI=1S/C9H15NO2S3/c1-3-5-10(8(13)14)9(2)4-6-15(11,12)7-9/h3H,1,4-7H2,2H3,(H,13,14)/p-1. The summed E-state index contributed by atoms with van der Waals surface area (Å²) in [5.74, 6) is 0.347. The quantitative estimate of drug-likeness (QED) is 0.430. The average molecular weight is 264 g/mol. The van der Waals surface area contributed by atoms with Crippen molar-refractivity contribution in [1.82, 2.24) is 4.90 Å². The van der Waals surface area contributed by atoms with Crippen molar-refractivity contribution >= 4 is 39.0 Å². The third-order valence-electron chi connectivity index (χ3n) is 2.67. The summed E-state index contributed by atoms with van der Waals surface area (Å²) in [4.78, 5) is 1.77. The monoisotopic (exact) mass is 264 g/mol. The summed E-state index contributed by atoms with van der Waals surface area (Å²) in [6.45, 7) is 6.02. The van der Waals surface area contributed by atoms with Crippen LogP contribution < -0.4 is 0 Å². The van der Waals surface area contributed by atoms with Crippen molar-refractivity contribution in [2.24, 2.45) is 0 Å². The number of rotatable bonds is 3. The Labute approximate surface area is 102 Å². The molecule has 0 radical (unpaired) electrons. The van der Waals surface area contributed by atoms with Crippen molar-refractivity contribution in [2.75, 3.05) is 18.1 Å². The molecule has 1 fully saturated rings. The van der Waals surface area contributed by atoms with E-state index >= 15 is 0 Å². The molecule has 1 saturated heterocycles. The first-order chi connectivity index (χ1) is 6.81. The average Bonchev–Trinajstić information content (AvgIpc) is 2.37. The van der Waals surface area contributed by atoms with Crippen LogP contribution in [0.2, 0.25) is 0 Å². The van der Waals surface area contributed by atoms with Crippen LogP contribution in [0.1, 0.15) is 13.3 Å². The lowest BCUT2D eigenvalue weighted by molar-refractivity contribution is 0.249. The summed E-state index contributed by atoms with van der Waals surface area (Å²) in [5, 5.41) is 0. The minimum Gasteiger partial charge on any atom is -0.411 e. The molecule has 1 aliphatic heterocycles. The topological polar surface area (TPSA) is 37.4 Å². The summed E-state index contributed by atoms with van der Waals surface area (Å²) >= 11 is 9.93. The zero-order valence-electron chi connectivity index (χ0n) is 8.60. The predicted octanol–water partition coefficient (Wildman–Crippen LogP) is 0.883. The van der Waals surface area contributed by atoms with Gasteiger partial charge < -0.3 is 29.7 Å². The Balaban J connectivity index is 2.93. The molecule has 6 heteroatoms. The third kappa shape index (κ3) is 2.89. The second kappa shape index (κ2) is 4.35. The molecule has 0 amide bonds. The molecular formula is C9H14NO2S3-. The molecule has 1 unspecified atom stereocenters. The van der Waals surface area contributed by atoms with Gasteiger partial charge in [0.05, 0.1) is 17.0 Å². The maximum atomic E-state index is 11.4. The van der Waals surface area contributed by atoms with Gasteiger partial charge in [-0.2, -0.15) is 0 Å². The lowest BCUT2D eigenvalue weighted by Gasteiger charge is -2.41. The van der Waals surface area contributed by atoms with Crippen LogP contribution in [0.15, 0.2) is 12.7 Å². The molecule has 0 aliphatic carbocycles. The molecule has 0 aromatic carbocycles. The molecule has 0 aromatic heterocycles. The van der Waals surface area contributed by atoms with Crippen LogP contribution in [-0.2, 0) is 22.5 Å². The maximum absolute atomic E-state index is 11.4. The molecule has 0 N–H and O–H groups in total. The highest BCUT2D eigenvalue weighted by atomic mass is 32.2.